The highest BCUT2D eigenvalue weighted by molar-refractivity contribution is 6.02. The molecule has 0 spiro atoms. The van der Waals surface area contributed by atoms with Gasteiger partial charge in [0, 0.05) is 24.1 Å². The molecule has 9 nitrogen and oxygen atoms in total. The predicted molar refractivity (Wildman–Crippen MR) is 96.6 cm³/mol. The molecule has 0 aliphatic carbocycles. The van der Waals surface area contributed by atoms with Gasteiger partial charge in [0.05, 0.1) is 31.4 Å². The summed E-state index contributed by atoms with van der Waals surface area (Å²) in [7, 11) is 3.06. The van der Waals surface area contributed by atoms with Crippen LogP contribution in [-0.4, -0.2) is 56.3 Å². The standard InChI is InChI=1S/C19H21N3O6/c1-4-22-16-15(17(23)21-19(22)25)13(14-11(20-16)8-28-18(14)24)10-6-5-9(26-2)7-12(10)27-3/h5-7,13,15-16,20H,4,8H2,1-3H3,(H,21,23,25). The molecule has 3 aliphatic rings. The van der Waals surface area contributed by atoms with E-state index in [0.29, 0.717) is 34.9 Å². The summed E-state index contributed by atoms with van der Waals surface area (Å²) >= 11 is 0. The fourth-order valence-electron chi connectivity index (χ4n) is 4.20. The zero-order valence-electron chi connectivity index (χ0n) is 15.8. The molecular formula is C19H21N3O6. The molecule has 0 saturated carbocycles. The van der Waals surface area contributed by atoms with Crippen LogP contribution in [0.5, 0.6) is 11.5 Å². The van der Waals surface area contributed by atoms with Gasteiger partial charge in [-0.2, -0.15) is 0 Å². The average molecular weight is 387 g/mol. The van der Waals surface area contributed by atoms with Crippen LogP contribution in [0.25, 0.3) is 0 Å². The maximum absolute atomic E-state index is 12.9. The number of esters is 1. The second-order valence-corrected chi connectivity index (χ2v) is 6.75. The molecule has 1 aromatic rings. The molecule has 4 rings (SSSR count). The van der Waals surface area contributed by atoms with E-state index in [9.17, 15) is 14.4 Å². The lowest BCUT2D eigenvalue weighted by molar-refractivity contribution is -0.136. The van der Waals surface area contributed by atoms with Gasteiger partial charge in [-0.25, -0.2) is 9.59 Å². The minimum absolute atomic E-state index is 0.0831. The summed E-state index contributed by atoms with van der Waals surface area (Å²) in [6, 6.07) is 4.77. The number of cyclic esters (lactones) is 1. The number of nitrogens with zero attached hydrogens (tertiary/aromatic N) is 1. The molecule has 0 radical (unpaired) electrons. The summed E-state index contributed by atoms with van der Waals surface area (Å²) < 4.78 is 16.0. The summed E-state index contributed by atoms with van der Waals surface area (Å²) in [5, 5.41) is 5.58. The van der Waals surface area contributed by atoms with E-state index in [1.165, 1.54) is 7.11 Å². The summed E-state index contributed by atoms with van der Waals surface area (Å²) in [6.07, 6.45) is -0.587. The van der Waals surface area contributed by atoms with Crippen molar-refractivity contribution in [3.63, 3.8) is 0 Å². The van der Waals surface area contributed by atoms with Gasteiger partial charge in [-0.05, 0) is 13.0 Å². The summed E-state index contributed by atoms with van der Waals surface area (Å²) in [5.74, 6) is -1.18. The molecule has 148 valence electrons. The lowest BCUT2D eigenvalue weighted by Crippen LogP contribution is -2.67. The van der Waals surface area contributed by atoms with Crippen molar-refractivity contribution >= 4 is 17.9 Å². The van der Waals surface area contributed by atoms with Crippen molar-refractivity contribution in [3.8, 4) is 11.5 Å². The third kappa shape index (κ3) is 2.57. The third-order valence-corrected chi connectivity index (χ3v) is 5.47. The first-order chi connectivity index (χ1) is 13.5. The quantitative estimate of drug-likeness (QED) is 0.733. The minimum Gasteiger partial charge on any atom is -0.497 e. The number of carbonyl (C=O) groups is 3. The van der Waals surface area contributed by atoms with E-state index < -0.39 is 35.9 Å². The Morgan fingerprint density at radius 1 is 1.21 bits per heavy atom. The Balaban J connectivity index is 1.90. The smallest absolute Gasteiger partial charge is 0.336 e. The number of benzene rings is 1. The third-order valence-electron chi connectivity index (χ3n) is 5.47. The molecule has 1 saturated heterocycles. The second-order valence-electron chi connectivity index (χ2n) is 6.75. The summed E-state index contributed by atoms with van der Waals surface area (Å²) in [5.41, 5.74) is 1.65. The van der Waals surface area contributed by atoms with Crippen molar-refractivity contribution in [1.29, 1.82) is 0 Å². The number of rotatable bonds is 4. The van der Waals surface area contributed by atoms with Crippen LogP contribution in [0.3, 0.4) is 0 Å². The molecule has 0 aromatic heterocycles. The van der Waals surface area contributed by atoms with E-state index in [2.05, 4.69) is 10.6 Å². The van der Waals surface area contributed by atoms with Crippen LogP contribution in [0.2, 0.25) is 0 Å². The first kappa shape index (κ1) is 18.1. The van der Waals surface area contributed by atoms with Gasteiger partial charge in [0.2, 0.25) is 5.91 Å². The first-order valence-corrected chi connectivity index (χ1v) is 9.00. The largest absolute Gasteiger partial charge is 0.497 e. The molecule has 3 aliphatic heterocycles. The van der Waals surface area contributed by atoms with Gasteiger partial charge in [-0.3, -0.25) is 10.1 Å². The van der Waals surface area contributed by atoms with Crippen LogP contribution in [0, 0.1) is 5.92 Å². The van der Waals surface area contributed by atoms with Crippen molar-refractivity contribution in [2.45, 2.75) is 19.0 Å². The van der Waals surface area contributed by atoms with E-state index in [1.54, 1.807) is 30.2 Å². The number of ether oxygens (including phenoxy) is 3. The number of fused-ring (bicyclic) bond motifs is 1. The fourth-order valence-corrected chi connectivity index (χ4v) is 4.20. The van der Waals surface area contributed by atoms with Crippen molar-refractivity contribution in [2.75, 3.05) is 27.4 Å². The molecule has 1 aromatic carbocycles. The summed E-state index contributed by atoms with van der Waals surface area (Å²) in [4.78, 5) is 39.2. The number of imide groups is 1. The van der Waals surface area contributed by atoms with Gasteiger partial charge in [-0.15, -0.1) is 0 Å². The molecule has 9 heteroatoms. The normalized spacial score (nSPS) is 26.2. The molecule has 0 bridgehead atoms. The Morgan fingerprint density at radius 2 is 2.00 bits per heavy atom. The van der Waals surface area contributed by atoms with Crippen molar-refractivity contribution in [3.05, 3.63) is 35.0 Å². The van der Waals surface area contributed by atoms with Gasteiger partial charge in [0.1, 0.15) is 24.3 Å². The number of amides is 3. The molecule has 28 heavy (non-hydrogen) atoms. The Bertz CT molecular complexity index is 896. The second kappa shape index (κ2) is 6.74. The van der Waals surface area contributed by atoms with E-state index in [1.807, 2.05) is 6.92 Å². The van der Waals surface area contributed by atoms with Crippen LogP contribution >= 0.6 is 0 Å². The van der Waals surface area contributed by atoms with Gasteiger partial charge in [-0.1, -0.05) is 6.07 Å². The minimum atomic E-state index is -0.718. The van der Waals surface area contributed by atoms with Crippen LogP contribution in [0.1, 0.15) is 18.4 Å². The lowest BCUT2D eigenvalue weighted by atomic mass is 9.74. The van der Waals surface area contributed by atoms with Crippen LogP contribution in [-0.2, 0) is 14.3 Å². The van der Waals surface area contributed by atoms with E-state index >= 15 is 0 Å². The Morgan fingerprint density at radius 3 is 2.68 bits per heavy atom. The molecule has 1 fully saturated rings. The summed E-state index contributed by atoms with van der Waals surface area (Å²) in [6.45, 7) is 2.31. The van der Waals surface area contributed by atoms with E-state index in [4.69, 9.17) is 14.2 Å². The van der Waals surface area contributed by atoms with Gasteiger partial charge in [0.15, 0.2) is 0 Å². The van der Waals surface area contributed by atoms with E-state index in [0.717, 1.165) is 0 Å². The molecule has 3 atom stereocenters. The Kier molecular flexibility index (Phi) is 4.37. The highest BCUT2D eigenvalue weighted by Gasteiger charge is 2.53. The zero-order valence-corrected chi connectivity index (χ0v) is 15.8. The average Bonchev–Trinajstić information content (AvgIpc) is 3.07. The highest BCUT2D eigenvalue weighted by Crippen LogP contribution is 2.47. The number of carbonyl (C=O) groups excluding carboxylic acids is 3. The van der Waals surface area contributed by atoms with Crippen molar-refractivity contribution < 1.29 is 28.6 Å². The van der Waals surface area contributed by atoms with Crippen molar-refractivity contribution in [1.82, 2.24) is 15.5 Å². The number of methoxy groups -OCH3 is 2. The van der Waals surface area contributed by atoms with Crippen LogP contribution in [0.15, 0.2) is 29.5 Å². The fraction of sp³-hybridized carbons (Fsp3) is 0.421. The molecular weight excluding hydrogens is 366 g/mol. The Labute approximate surface area is 161 Å². The maximum Gasteiger partial charge on any atom is 0.336 e. The SMILES string of the molecule is CCN1C(=O)NC(=O)C2C(c3ccc(OC)cc3OC)C3=C(COC3=O)NC21. The zero-order chi connectivity index (χ0) is 20.0. The molecule has 3 heterocycles. The van der Waals surface area contributed by atoms with Gasteiger partial charge in [0.25, 0.3) is 0 Å². The first-order valence-electron chi connectivity index (χ1n) is 9.00. The predicted octanol–water partition coefficient (Wildman–Crippen LogP) is 0.715. The lowest BCUT2D eigenvalue weighted by Gasteiger charge is -2.46. The Hall–Kier alpha value is -3.23. The number of nitrogens with one attached hydrogen (secondary N) is 2. The highest BCUT2D eigenvalue weighted by atomic mass is 16.5. The van der Waals surface area contributed by atoms with Crippen molar-refractivity contribution in [2.24, 2.45) is 5.92 Å². The topological polar surface area (TPSA) is 106 Å². The molecule has 3 amide bonds. The number of hydrogen-bond donors (Lipinski definition) is 2. The number of urea groups is 1. The molecule has 2 N–H and O–H groups in total. The van der Waals surface area contributed by atoms with Gasteiger partial charge >= 0.3 is 12.0 Å². The molecule has 3 unspecified atom stereocenters. The number of hydrogen-bond acceptors (Lipinski definition) is 7. The van der Waals surface area contributed by atoms with Crippen LogP contribution < -0.4 is 20.1 Å². The van der Waals surface area contributed by atoms with E-state index in [-0.39, 0.29) is 6.61 Å². The van der Waals surface area contributed by atoms with Crippen LogP contribution in [0.4, 0.5) is 4.79 Å². The van der Waals surface area contributed by atoms with Gasteiger partial charge < -0.3 is 24.4 Å². The monoisotopic (exact) mass is 387 g/mol. The maximum atomic E-state index is 12.9.